The summed E-state index contributed by atoms with van der Waals surface area (Å²) in [5.41, 5.74) is 6.70. The molecule has 0 heterocycles. The molecule has 0 saturated carbocycles. The summed E-state index contributed by atoms with van der Waals surface area (Å²) >= 11 is 3.43. The number of halogens is 1. The first-order valence-electron chi connectivity index (χ1n) is 5.19. The average molecular weight is 272 g/mol. The Kier molecular flexibility index (Phi) is 4.61. The fourth-order valence-corrected chi connectivity index (χ4v) is 1.48. The maximum atomic E-state index is 5.87. The van der Waals surface area contributed by atoms with E-state index in [4.69, 9.17) is 10.5 Å². The van der Waals surface area contributed by atoms with Crippen molar-refractivity contribution >= 4 is 15.9 Å². The zero-order valence-corrected chi connectivity index (χ0v) is 11.0. The van der Waals surface area contributed by atoms with Crippen molar-refractivity contribution in [3.05, 3.63) is 28.2 Å². The van der Waals surface area contributed by atoms with Gasteiger partial charge in [-0.15, -0.1) is 0 Å². The van der Waals surface area contributed by atoms with E-state index >= 15 is 0 Å². The second-order valence-corrected chi connectivity index (χ2v) is 4.94. The first kappa shape index (κ1) is 12.5. The van der Waals surface area contributed by atoms with E-state index in [1.807, 2.05) is 18.2 Å². The smallest absolute Gasteiger partial charge is 0.125 e. The van der Waals surface area contributed by atoms with Gasteiger partial charge in [-0.2, -0.15) is 0 Å². The number of ether oxygens (including phenoxy) is 1. The van der Waals surface area contributed by atoms with E-state index in [1.165, 1.54) is 0 Å². The number of hydrogen-bond acceptors (Lipinski definition) is 2. The predicted octanol–water partition coefficient (Wildman–Crippen LogP) is 3.33. The van der Waals surface area contributed by atoms with Crippen LogP contribution in [0.25, 0.3) is 0 Å². The molecule has 0 radical (unpaired) electrons. The van der Waals surface area contributed by atoms with Crippen molar-refractivity contribution in [3.63, 3.8) is 0 Å². The number of hydrogen-bond donors (Lipinski definition) is 1. The molecule has 1 rings (SSSR count). The molecule has 0 amide bonds. The van der Waals surface area contributed by atoms with Gasteiger partial charge in [0.1, 0.15) is 5.75 Å². The second-order valence-electron chi connectivity index (χ2n) is 4.02. The highest BCUT2D eigenvalue weighted by Crippen LogP contribution is 2.25. The van der Waals surface area contributed by atoms with E-state index in [0.717, 1.165) is 15.8 Å². The molecule has 0 bridgehead atoms. The van der Waals surface area contributed by atoms with Crippen LogP contribution in [0, 0.1) is 5.92 Å². The Hall–Kier alpha value is -0.540. The molecule has 1 aromatic rings. The van der Waals surface area contributed by atoms with Crippen molar-refractivity contribution in [1.82, 2.24) is 0 Å². The maximum absolute atomic E-state index is 5.87. The van der Waals surface area contributed by atoms with Crippen LogP contribution >= 0.6 is 15.9 Å². The van der Waals surface area contributed by atoms with Crippen molar-refractivity contribution in [2.45, 2.75) is 33.4 Å². The minimum Gasteiger partial charge on any atom is -0.490 e. The Morgan fingerprint density at radius 1 is 1.33 bits per heavy atom. The van der Waals surface area contributed by atoms with Gasteiger partial charge in [0, 0.05) is 16.6 Å². The van der Waals surface area contributed by atoms with Gasteiger partial charge in [-0.3, -0.25) is 0 Å². The molecule has 0 saturated heterocycles. The van der Waals surface area contributed by atoms with Gasteiger partial charge in [0.2, 0.25) is 0 Å². The van der Waals surface area contributed by atoms with Crippen LogP contribution in [-0.2, 0) is 6.54 Å². The van der Waals surface area contributed by atoms with Crippen LogP contribution in [-0.4, -0.2) is 6.10 Å². The zero-order chi connectivity index (χ0) is 11.4. The van der Waals surface area contributed by atoms with Crippen molar-refractivity contribution < 1.29 is 4.74 Å². The third kappa shape index (κ3) is 3.50. The normalized spacial score (nSPS) is 12.9. The molecule has 3 heteroatoms. The number of nitrogens with two attached hydrogens (primary N) is 1. The van der Waals surface area contributed by atoms with E-state index in [2.05, 4.69) is 36.7 Å². The molecule has 1 aromatic carbocycles. The van der Waals surface area contributed by atoms with Crippen molar-refractivity contribution in [3.8, 4) is 5.75 Å². The van der Waals surface area contributed by atoms with Crippen LogP contribution in [0.1, 0.15) is 26.3 Å². The molecule has 1 atom stereocenters. The first-order valence-corrected chi connectivity index (χ1v) is 5.99. The first-order chi connectivity index (χ1) is 7.04. The van der Waals surface area contributed by atoms with E-state index in [9.17, 15) is 0 Å². The summed E-state index contributed by atoms with van der Waals surface area (Å²) in [6.45, 7) is 6.87. The summed E-state index contributed by atoms with van der Waals surface area (Å²) in [6.07, 6.45) is 0.199. The lowest BCUT2D eigenvalue weighted by molar-refractivity contribution is 0.169. The predicted molar refractivity (Wildman–Crippen MR) is 67.0 cm³/mol. The van der Waals surface area contributed by atoms with E-state index < -0.39 is 0 Å². The Balaban J connectivity index is 2.87. The summed E-state index contributed by atoms with van der Waals surface area (Å²) in [6, 6.07) is 5.95. The van der Waals surface area contributed by atoms with Gasteiger partial charge in [0.25, 0.3) is 0 Å². The highest BCUT2D eigenvalue weighted by atomic mass is 79.9. The fraction of sp³-hybridized carbons (Fsp3) is 0.500. The molecule has 0 aromatic heterocycles. The SMILES string of the molecule is CC(C)C(C)Oc1cc(Br)ccc1CN. The summed E-state index contributed by atoms with van der Waals surface area (Å²) in [5, 5.41) is 0. The quantitative estimate of drug-likeness (QED) is 0.912. The van der Waals surface area contributed by atoms with Crippen LogP contribution in [0.2, 0.25) is 0 Å². The molecular weight excluding hydrogens is 254 g/mol. The molecule has 0 aliphatic rings. The van der Waals surface area contributed by atoms with Gasteiger partial charge in [0.05, 0.1) is 6.10 Å². The topological polar surface area (TPSA) is 35.2 Å². The molecule has 2 nitrogen and oxygen atoms in total. The molecule has 0 spiro atoms. The number of rotatable bonds is 4. The van der Waals surface area contributed by atoms with E-state index in [0.29, 0.717) is 12.5 Å². The standard InChI is InChI=1S/C12H18BrNO/c1-8(2)9(3)15-12-6-11(13)5-4-10(12)7-14/h4-6,8-9H,7,14H2,1-3H3. The summed E-state index contributed by atoms with van der Waals surface area (Å²) < 4.78 is 6.89. The summed E-state index contributed by atoms with van der Waals surface area (Å²) in [4.78, 5) is 0. The van der Waals surface area contributed by atoms with Crippen LogP contribution in [0.15, 0.2) is 22.7 Å². The number of benzene rings is 1. The fourth-order valence-electron chi connectivity index (χ4n) is 1.14. The molecule has 1 unspecified atom stereocenters. The van der Waals surface area contributed by atoms with Gasteiger partial charge < -0.3 is 10.5 Å². The molecular formula is C12H18BrNO. The van der Waals surface area contributed by atoms with Crippen molar-refractivity contribution in [1.29, 1.82) is 0 Å². The lowest BCUT2D eigenvalue weighted by Gasteiger charge is -2.20. The van der Waals surface area contributed by atoms with Gasteiger partial charge in [0.15, 0.2) is 0 Å². The largest absolute Gasteiger partial charge is 0.490 e. The van der Waals surface area contributed by atoms with Crippen molar-refractivity contribution in [2.24, 2.45) is 11.7 Å². The highest BCUT2D eigenvalue weighted by Gasteiger charge is 2.11. The molecule has 15 heavy (non-hydrogen) atoms. The van der Waals surface area contributed by atoms with Crippen LogP contribution in [0.3, 0.4) is 0 Å². The van der Waals surface area contributed by atoms with Gasteiger partial charge in [-0.1, -0.05) is 35.8 Å². The third-order valence-electron chi connectivity index (χ3n) is 2.50. The Morgan fingerprint density at radius 3 is 2.53 bits per heavy atom. The molecule has 2 N–H and O–H groups in total. The lowest BCUT2D eigenvalue weighted by Crippen LogP contribution is -2.19. The van der Waals surface area contributed by atoms with Gasteiger partial charge in [-0.25, -0.2) is 0 Å². The average Bonchev–Trinajstić information content (AvgIpc) is 2.18. The van der Waals surface area contributed by atoms with Crippen LogP contribution in [0.5, 0.6) is 5.75 Å². The minimum absolute atomic E-state index is 0.199. The van der Waals surface area contributed by atoms with Gasteiger partial charge in [-0.05, 0) is 25.0 Å². The van der Waals surface area contributed by atoms with E-state index in [-0.39, 0.29) is 6.10 Å². The van der Waals surface area contributed by atoms with Crippen LogP contribution < -0.4 is 10.5 Å². The van der Waals surface area contributed by atoms with Gasteiger partial charge >= 0.3 is 0 Å². The zero-order valence-electron chi connectivity index (χ0n) is 9.46. The summed E-state index contributed by atoms with van der Waals surface area (Å²) in [7, 11) is 0. The Bertz CT molecular complexity index is 325. The lowest BCUT2D eigenvalue weighted by atomic mass is 10.1. The maximum Gasteiger partial charge on any atom is 0.125 e. The highest BCUT2D eigenvalue weighted by molar-refractivity contribution is 9.10. The third-order valence-corrected chi connectivity index (χ3v) is 2.99. The Morgan fingerprint density at radius 2 is 2.00 bits per heavy atom. The van der Waals surface area contributed by atoms with Crippen molar-refractivity contribution in [2.75, 3.05) is 0 Å². The second kappa shape index (κ2) is 5.52. The summed E-state index contributed by atoms with van der Waals surface area (Å²) in [5.74, 6) is 1.38. The van der Waals surface area contributed by atoms with Crippen LogP contribution in [0.4, 0.5) is 0 Å². The molecule has 84 valence electrons. The van der Waals surface area contributed by atoms with E-state index in [1.54, 1.807) is 0 Å². The molecule has 0 aliphatic carbocycles. The monoisotopic (exact) mass is 271 g/mol. The molecule has 0 aliphatic heterocycles. The minimum atomic E-state index is 0.199. The molecule has 0 fully saturated rings. The Labute approximate surface area is 99.9 Å².